The van der Waals surface area contributed by atoms with Crippen molar-refractivity contribution in [2.75, 3.05) is 0 Å². The van der Waals surface area contributed by atoms with E-state index in [1.807, 2.05) is 43.3 Å². The van der Waals surface area contributed by atoms with Crippen LogP contribution in [0.4, 0.5) is 0 Å². The minimum atomic E-state index is -0.483. The summed E-state index contributed by atoms with van der Waals surface area (Å²) in [6.07, 6.45) is 0. The molecule has 0 unspecified atom stereocenters. The number of halogens is 1. The van der Waals surface area contributed by atoms with Crippen LogP contribution in [0.2, 0.25) is 0 Å². The summed E-state index contributed by atoms with van der Waals surface area (Å²) in [5.74, 6) is 0.832. The number of hydrogen-bond acceptors (Lipinski definition) is 3. The molecule has 0 aliphatic carbocycles. The van der Waals surface area contributed by atoms with Gasteiger partial charge in [-0.05, 0) is 42.8 Å². The zero-order valence-electron chi connectivity index (χ0n) is 10.7. The van der Waals surface area contributed by atoms with Gasteiger partial charge in [0, 0.05) is 9.86 Å². The summed E-state index contributed by atoms with van der Waals surface area (Å²) in [6, 6.07) is 14.7. The van der Waals surface area contributed by atoms with Gasteiger partial charge < -0.3 is 9.15 Å². The summed E-state index contributed by atoms with van der Waals surface area (Å²) in [7, 11) is 0. The van der Waals surface area contributed by atoms with Gasteiger partial charge in [0.15, 0.2) is 0 Å². The fourth-order valence-electron chi connectivity index (χ4n) is 1.94. The van der Waals surface area contributed by atoms with Crippen LogP contribution < -0.4 is 10.4 Å². The molecule has 0 spiro atoms. The highest BCUT2D eigenvalue weighted by Gasteiger charge is 2.09. The first-order chi connectivity index (χ1) is 9.63. The van der Waals surface area contributed by atoms with E-state index in [1.165, 1.54) is 0 Å². The highest BCUT2D eigenvalue weighted by atomic mass is 79.9. The summed E-state index contributed by atoms with van der Waals surface area (Å²) < 4.78 is 11.8. The number of para-hydroxylation sites is 1. The monoisotopic (exact) mass is 330 g/mol. The molecule has 3 aromatic rings. The van der Waals surface area contributed by atoms with E-state index >= 15 is 0 Å². The quantitative estimate of drug-likeness (QED) is 0.641. The van der Waals surface area contributed by atoms with Crippen LogP contribution >= 0.6 is 15.9 Å². The predicted molar refractivity (Wildman–Crippen MR) is 81.4 cm³/mol. The predicted octanol–water partition coefficient (Wildman–Crippen LogP) is 4.66. The van der Waals surface area contributed by atoms with Crippen molar-refractivity contribution in [3.8, 4) is 11.5 Å². The summed E-state index contributed by atoms with van der Waals surface area (Å²) in [6.45, 7) is 1.93. The van der Waals surface area contributed by atoms with Gasteiger partial charge in [0.2, 0.25) is 5.75 Å². The zero-order valence-corrected chi connectivity index (χ0v) is 12.3. The van der Waals surface area contributed by atoms with E-state index in [9.17, 15) is 4.79 Å². The molecule has 0 radical (unpaired) electrons. The lowest BCUT2D eigenvalue weighted by atomic mass is 10.2. The van der Waals surface area contributed by atoms with Gasteiger partial charge in [-0.15, -0.1) is 0 Å². The first-order valence-corrected chi connectivity index (χ1v) is 6.90. The van der Waals surface area contributed by atoms with Crippen LogP contribution in [0, 0.1) is 6.92 Å². The second-order valence-electron chi connectivity index (χ2n) is 4.45. The van der Waals surface area contributed by atoms with Crippen LogP contribution in [0.25, 0.3) is 11.0 Å². The molecule has 0 aliphatic rings. The molecular weight excluding hydrogens is 320 g/mol. The molecule has 0 aliphatic heterocycles. The normalized spacial score (nSPS) is 10.7. The first-order valence-electron chi connectivity index (χ1n) is 6.10. The zero-order chi connectivity index (χ0) is 14.1. The molecule has 0 fully saturated rings. The minimum absolute atomic E-state index is 0.185. The second-order valence-corrected chi connectivity index (χ2v) is 5.36. The maximum absolute atomic E-state index is 11.9. The number of fused-ring (bicyclic) bond motifs is 1. The van der Waals surface area contributed by atoms with Crippen molar-refractivity contribution in [1.82, 2.24) is 0 Å². The Kier molecular flexibility index (Phi) is 3.32. The SMILES string of the molecule is Cc1ccccc1Oc1cc2cc(Br)ccc2oc1=O. The average molecular weight is 331 g/mol. The fraction of sp³-hybridized carbons (Fsp3) is 0.0625. The van der Waals surface area contributed by atoms with E-state index in [0.717, 1.165) is 15.4 Å². The molecule has 3 rings (SSSR count). The Labute approximate surface area is 123 Å². The second kappa shape index (κ2) is 5.13. The van der Waals surface area contributed by atoms with E-state index in [-0.39, 0.29) is 5.75 Å². The van der Waals surface area contributed by atoms with Gasteiger partial charge in [-0.2, -0.15) is 0 Å². The lowest BCUT2D eigenvalue weighted by Gasteiger charge is -2.07. The van der Waals surface area contributed by atoms with E-state index in [1.54, 1.807) is 12.1 Å². The largest absolute Gasteiger partial charge is 0.449 e. The highest BCUT2D eigenvalue weighted by molar-refractivity contribution is 9.10. The van der Waals surface area contributed by atoms with Crippen molar-refractivity contribution in [3.63, 3.8) is 0 Å². The average Bonchev–Trinajstić information content (AvgIpc) is 2.42. The molecule has 0 atom stereocenters. The van der Waals surface area contributed by atoms with Crippen molar-refractivity contribution >= 4 is 26.9 Å². The van der Waals surface area contributed by atoms with Gasteiger partial charge in [-0.25, -0.2) is 4.79 Å². The van der Waals surface area contributed by atoms with Gasteiger partial charge in [0.05, 0.1) is 0 Å². The lowest BCUT2D eigenvalue weighted by molar-refractivity contribution is 0.435. The molecule has 2 aromatic carbocycles. The van der Waals surface area contributed by atoms with Crippen molar-refractivity contribution < 1.29 is 9.15 Å². The van der Waals surface area contributed by atoms with Crippen LogP contribution in [0.5, 0.6) is 11.5 Å². The Morgan fingerprint density at radius 3 is 2.65 bits per heavy atom. The van der Waals surface area contributed by atoms with Crippen LogP contribution in [0.3, 0.4) is 0 Å². The van der Waals surface area contributed by atoms with E-state index in [4.69, 9.17) is 9.15 Å². The van der Waals surface area contributed by atoms with Crippen LogP contribution in [0.15, 0.2) is 62.2 Å². The third kappa shape index (κ3) is 2.47. The Balaban J connectivity index is 2.10. The van der Waals surface area contributed by atoms with Gasteiger partial charge in [0.25, 0.3) is 0 Å². The van der Waals surface area contributed by atoms with Crippen molar-refractivity contribution in [1.29, 1.82) is 0 Å². The third-order valence-corrected chi connectivity index (χ3v) is 3.47. The topological polar surface area (TPSA) is 39.4 Å². The van der Waals surface area contributed by atoms with Crippen LogP contribution in [-0.2, 0) is 0 Å². The molecule has 0 saturated heterocycles. The van der Waals surface area contributed by atoms with Gasteiger partial charge in [-0.1, -0.05) is 34.1 Å². The van der Waals surface area contributed by atoms with Crippen LogP contribution in [0.1, 0.15) is 5.56 Å². The standard InChI is InChI=1S/C16H11BrO3/c1-10-4-2-3-5-13(10)19-15-9-11-8-12(17)6-7-14(11)20-16(15)18/h2-9H,1H3. The Morgan fingerprint density at radius 1 is 1.05 bits per heavy atom. The molecule has 0 bridgehead atoms. The summed E-state index contributed by atoms with van der Waals surface area (Å²) in [4.78, 5) is 11.9. The van der Waals surface area contributed by atoms with Crippen LogP contribution in [-0.4, -0.2) is 0 Å². The van der Waals surface area contributed by atoms with Crippen molar-refractivity contribution in [2.24, 2.45) is 0 Å². The molecular formula is C16H11BrO3. The van der Waals surface area contributed by atoms with Gasteiger partial charge >= 0.3 is 5.63 Å². The Hall–Kier alpha value is -2.07. The molecule has 100 valence electrons. The van der Waals surface area contributed by atoms with Crippen molar-refractivity contribution in [2.45, 2.75) is 6.92 Å². The molecule has 20 heavy (non-hydrogen) atoms. The lowest BCUT2D eigenvalue weighted by Crippen LogP contribution is -2.03. The summed E-state index contributed by atoms with van der Waals surface area (Å²) >= 11 is 3.39. The first kappa shape index (κ1) is 12.9. The number of rotatable bonds is 2. The molecule has 4 heteroatoms. The molecule has 3 nitrogen and oxygen atoms in total. The number of aryl methyl sites for hydroxylation is 1. The number of benzene rings is 2. The smallest absolute Gasteiger partial charge is 0.379 e. The fourth-order valence-corrected chi connectivity index (χ4v) is 2.31. The number of hydrogen-bond donors (Lipinski definition) is 0. The van der Waals surface area contributed by atoms with E-state index in [0.29, 0.717) is 11.3 Å². The van der Waals surface area contributed by atoms with E-state index < -0.39 is 5.63 Å². The third-order valence-electron chi connectivity index (χ3n) is 2.98. The molecule has 0 amide bonds. The highest BCUT2D eigenvalue weighted by Crippen LogP contribution is 2.26. The molecule has 0 saturated carbocycles. The molecule has 1 heterocycles. The maximum Gasteiger partial charge on any atom is 0.379 e. The van der Waals surface area contributed by atoms with Gasteiger partial charge in [0.1, 0.15) is 11.3 Å². The Morgan fingerprint density at radius 2 is 1.85 bits per heavy atom. The Bertz CT molecular complexity index is 836. The van der Waals surface area contributed by atoms with Crippen molar-refractivity contribution in [3.05, 3.63) is 69.0 Å². The minimum Gasteiger partial charge on any atom is -0.449 e. The summed E-state index contributed by atoms with van der Waals surface area (Å²) in [5.41, 5.74) is 1.01. The van der Waals surface area contributed by atoms with Gasteiger partial charge in [-0.3, -0.25) is 0 Å². The molecule has 0 N–H and O–H groups in total. The molecule has 1 aromatic heterocycles. The van der Waals surface area contributed by atoms with E-state index in [2.05, 4.69) is 15.9 Å². The number of ether oxygens (including phenoxy) is 1. The maximum atomic E-state index is 11.9. The summed E-state index contributed by atoms with van der Waals surface area (Å²) in [5, 5.41) is 0.808.